The number of hydrogen-bond acceptors (Lipinski definition) is 3. The molecular weight excluding hydrogens is 396 g/mol. The number of rotatable bonds is 9. The van der Waals surface area contributed by atoms with Crippen LogP contribution in [0.3, 0.4) is 0 Å². The number of hydrogen-bond donors (Lipinski definition) is 2. The lowest BCUT2D eigenvalue weighted by molar-refractivity contribution is -0.120. The van der Waals surface area contributed by atoms with Gasteiger partial charge in [-0.1, -0.05) is 91.0 Å². The Morgan fingerprint density at radius 2 is 1.44 bits per heavy atom. The van der Waals surface area contributed by atoms with E-state index in [-0.39, 0.29) is 23.9 Å². The zero-order chi connectivity index (χ0) is 22.1. The van der Waals surface area contributed by atoms with Crippen LogP contribution in [0.1, 0.15) is 35.6 Å². The summed E-state index contributed by atoms with van der Waals surface area (Å²) < 4.78 is 5.61. The quantitative estimate of drug-likeness (QED) is 0.530. The zero-order valence-corrected chi connectivity index (χ0v) is 18.5. The van der Waals surface area contributed by atoms with Crippen molar-refractivity contribution in [1.82, 2.24) is 10.6 Å². The van der Waals surface area contributed by atoms with Crippen molar-refractivity contribution < 1.29 is 9.53 Å². The van der Waals surface area contributed by atoms with E-state index in [1.807, 2.05) is 30.3 Å². The highest BCUT2D eigenvalue weighted by atomic mass is 16.5. The summed E-state index contributed by atoms with van der Waals surface area (Å²) >= 11 is 0. The van der Waals surface area contributed by atoms with Crippen molar-refractivity contribution in [2.24, 2.45) is 0 Å². The van der Waals surface area contributed by atoms with Crippen molar-refractivity contribution in [3.05, 3.63) is 108 Å². The first-order chi connectivity index (χ1) is 15.8. The van der Waals surface area contributed by atoms with Gasteiger partial charge in [0.05, 0.1) is 6.54 Å². The van der Waals surface area contributed by atoms with E-state index in [2.05, 4.69) is 71.3 Å². The van der Waals surface area contributed by atoms with Gasteiger partial charge >= 0.3 is 0 Å². The number of nitrogens with one attached hydrogen (secondary N) is 2. The third-order valence-corrected chi connectivity index (χ3v) is 6.45. The first-order valence-electron chi connectivity index (χ1n) is 11.5. The summed E-state index contributed by atoms with van der Waals surface area (Å²) in [6.45, 7) is 2.38. The van der Waals surface area contributed by atoms with Gasteiger partial charge in [0, 0.05) is 31.2 Å². The van der Waals surface area contributed by atoms with Gasteiger partial charge in [0.15, 0.2) is 0 Å². The molecule has 1 amide bonds. The normalized spacial score (nSPS) is 16.2. The molecule has 0 aromatic heterocycles. The average molecular weight is 429 g/mol. The average Bonchev–Trinajstić information content (AvgIpc) is 2.87. The lowest BCUT2D eigenvalue weighted by Gasteiger charge is -2.38. The monoisotopic (exact) mass is 428 g/mol. The first kappa shape index (κ1) is 22.3. The van der Waals surface area contributed by atoms with Crippen LogP contribution in [0.25, 0.3) is 0 Å². The molecule has 4 heteroatoms. The van der Waals surface area contributed by atoms with Gasteiger partial charge in [0.25, 0.3) is 0 Å². The molecule has 0 bridgehead atoms. The molecule has 32 heavy (non-hydrogen) atoms. The van der Waals surface area contributed by atoms with Crippen LogP contribution in [-0.2, 0) is 21.4 Å². The van der Waals surface area contributed by atoms with Crippen LogP contribution in [0.15, 0.2) is 91.0 Å². The first-order valence-corrected chi connectivity index (χ1v) is 11.5. The summed E-state index contributed by atoms with van der Waals surface area (Å²) in [7, 11) is 0. The SMILES string of the molecule is O=C(CN[C@@H](Cc1ccccc1)c1ccccc1)NCC1(c2ccccc2)CCOCC1. The molecule has 166 valence electrons. The standard InChI is InChI=1S/C28H32N2O2/c31-27(30-22-28(16-18-32-19-17-28)25-14-8-3-9-15-25)21-29-26(24-12-6-2-7-13-24)20-23-10-4-1-5-11-23/h1-15,26,29H,16-22H2,(H,30,31)/t26-/m0/s1. The predicted molar refractivity (Wildman–Crippen MR) is 129 cm³/mol. The molecule has 0 spiro atoms. The highest BCUT2D eigenvalue weighted by molar-refractivity contribution is 5.78. The zero-order valence-electron chi connectivity index (χ0n) is 18.5. The van der Waals surface area contributed by atoms with Crippen LogP contribution in [-0.4, -0.2) is 32.2 Å². The molecule has 1 saturated heterocycles. The van der Waals surface area contributed by atoms with Gasteiger partial charge in [-0.15, -0.1) is 0 Å². The van der Waals surface area contributed by atoms with Crippen LogP contribution < -0.4 is 10.6 Å². The van der Waals surface area contributed by atoms with Crippen LogP contribution in [0.2, 0.25) is 0 Å². The highest BCUT2D eigenvalue weighted by Crippen LogP contribution is 2.34. The fraction of sp³-hybridized carbons (Fsp3) is 0.321. The summed E-state index contributed by atoms with van der Waals surface area (Å²) in [5.41, 5.74) is 3.66. The van der Waals surface area contributed by atoms with Gasteiger partial charge < -0.3 is 15.4 Å². The minimum atomic E-state index is -0.0575. The molecule has 0 saturated carbocycles. The molecule has 1 fully saturated rings. The number of benzene rings is 3. The van der Waals surface area contributed by atoms with E-state index in [9.17, 15) is 4.79 Å². The molecule has 4 nitrogen and oxygen atoms in total. The number of carbonyl (C=O) groups excluding carboxylic acids is 1. The fourth-order valence-electron chi connectivity index (χ4n) is 4.51. The lowest BCUT2D eigenvalue weighted by Crippen LogP contribution is -2.46. The molecule has 3 aromatic rings. The topological polar surface area (TPSA) is 50.4 Å². The van der Waals surface area contributed by atoms with Crippen molar-refractivity contribution in [2.75, 3.05) is 26.3 Å². The smallest absolute Gasteiger partial charge is 0.234 e. The second-order valence-electron chi connectivity index (χ2n) is 8.57. The minimum Gasteiger partial charge on any atom is -0.381 e. The molecule has 0 aliphatic carbocycles. The Morgan fingerprint density at radius 3 is 2.09 bits per heavy atom. The summed E-state index contributed by atoms with van der Waals surface area (Å²) in [6, 6.07) is 31.3. The van der Waals surface area contributed by atoms with Crippen molar-refractivity contribution in [2.45, 2.75) is 30.7 Å². The summed E-state index contributed by atoms with van der Waals surface area (Å²) in [6.07, 6.45) is 2.68. The lowest BCUT2D eigenvalue weighted by atomic mass is 9.74. The molecule has 2 N–H and O–H groups in total. The van der Waals surface area contributed by atoms with Crippen LogP contribution >= 0.6 is 0 Å². The van der Waals surface area contributed by atoms with E-state index in [0.29, 0.717) is 6.54 Å². The van der Waals surface area contributed by atoms with Crippen LogP contribution in [0, 0.1) is 0 Å². The van der Waals surface area contributed by atoms with Gasteiger partial charge in [-0.3, -0.25) is 4.79 Å². The summed E-state index contributed by atoms with van der Waals surface area (Å²) in [5.74, 6) is 0.0285. The number of amides is 1. The molecule has 1 aliphatic heterocycles. The highest BCUT2D eigenvalue weighted by Gasteiger charge is 2.34. The third kappa shape index (κ3) is 5.84. The van der Waals surface area contributed by atoms with Crippen molar-refractivity contribution in [1.29, 1.82) is 0 Å². The largest absolute Gasteiger partial charge is 0.381 e. The van der Waals surface area contributed by atoms with Gasteiger partial charge in [-0.05, 0) is 36.0 Å². The Bertz CT molecular complexity index is 954. The molecule has 1 aliphatic rings. The maximum atomic E-state index is 12.8. The van der Waals surface area contributed by atoms with E-state index in [1.54, 1.807) is 0 Å². The predicted octanol–water partition coefficient (Wildman–Crippen LogP) is 4.42. The van der Waals surface area contributed by atoms with Gasteiger partial charge in [-0.2, -0.15) is 0 Å². The van der Waals surface area contributed by atoms with Gasteiger partial charge in [-0.25, -0.2) is 0 Å². The van der Waals surface area contributed by atoms with E-state index in [4.69, 9.17) is 4.74 Å². The Hall–Kier alpha value is -2.95. The van der Waals surface area contributed by atoms with E-state index >= 15 is 0 Å². The third-order valence-electron chi connectivity index (χ3n) is 6.45. The van der Waals surface area contributed by atoms with Gasteiger partial charge in [0.1, 0.15) is 0 Å². The molecule has 0 unspecified atom stereocenters. The van der Waals surface area contributed by atoms with E-state index in [1.165, 1.54) is 16.7 Å². The maximum Gasteiger partial charge on any atom is 0.234 e. The maximum absolute atomic E-state index is 12.8. The molecule has 4 rings (SSSR count). The van der Waals surface area contributed by atoms with Crippen molar-refractivity contribution >= 4 is 5.91 Å². The number of carbonyl (C=O) groups is 1. The minimum absolute atomic E-state index is 0.0285. The van der Waals surface area contributed by atoms with E-state index < -0.39 is 0 Å². The Kier molecular flexibility index (Phi) is 7.70. The Morgan fingerprint density at radius 1 is 0.844 bits per heavy atom. The van der Waals surface area contributed by atoms with Crippen molar-refractivity contribution in [3.63, 3.8) is 0 Å². The molecule has 1 heterocycles. The second-order valence-corrected chi connectivity index (χ2v) is 8.57. The molecular formula is C28H32N2O2. The molecule has 1 atom stereocenters. The van der Waals surface area contributed by atoms with Crippen LogP contribution in [0.4, 0.5) is 0 Å². The summed E-state index contributed by atoms with van der Waals surface area (Å²) in [4.78, 5) is 12.8. The summed E-state index contributed by atoms with van der Waals surface area (Å²) in [5, 5.41) is 6.69. The molecule has 3 aromatic carbocycles. The van der Waals surface area contributed by atoms with Crippen molar-refractivity contribution in [3.8, 4) is 0 Å². The van der Waals surface area contributed by atoms with E-state index in [0.717, 1.165) is 32.5 Å². The Balaban J connectivity index is 1.38. The van der Waals surface area contributed by atoms with Gasteiger partial charge in [0.2, 0.25) is 5.91 Å². The Labute approximate surface area is 191 Å². The van der Waals surface area contributed by atoms with Crippen LogP contribution in [0.5, 0.6) is 0 Å². The number of ether oxygens (including phenoxy) is 1. The fourth-order valence-corrected chi connectivity index (χ4v) is 4.51. The molecule has 0 radical (unpaired) electrons. The second kappa shape index (κ2) is 11.1.